The molecule has 0 bridgehead atoms. The van der Waals surface area contributed by atoms with E-state index < -0.39 is 49.6 Å². The van der Waals surface area contributed by atoms with E-state index in [1.54, 1.807) is 0 Å². The van der Waals surface area contributed by atoms with Crippen LogP contribution in [0, 0.1) is 11.6 Å². The van der Waals surface area contributed by atoms with Crippen LogP contribution in [0.3, 0.4) is 0 Å². The molecule has 0 aliphatic carbocycles. The molecule has 1 heterocycles. The predicted octanol–water partition coefficient (Wildman–Crippen LogP) is 2.93. The minimum Gasteiger partial charge on any atom is -0.319 e. The number of alkyl halides is 2. The summed E-state index contributed by atoms with van der Waals surface area (Å²) in [5.41, 5.74) is -1.71. The minimum absolute atomic E-state index is 0.224. The summed E-state index contributed by atoms with van der Waals surface area (Å²) in [6, 6.07) is 6.00. The van der Waals surface area contributed by atoms with Gasteiger partial charge in [-0.1, -0.05) is 18.2 Å². The SMILES string of the molecule is CC1(c2ccc(F)cc2F)NC(=O)N(Cc2ccc(S(=O)(=O)C(F)F)cc2)C1=O. The van der Waals surface area contributed by atoms with Crippen LogP contribution >= 0.6 is 0 Å². The number of benzene rings is 2. The molecule has 3 rings (SSSR count). The van der Waals surface area contributed by atoms with Crippen LogP contribution in [-0.2, 0) is 26.7 Å². The quantitative estimate of drug-likeness (QED) is 0.584. The second-order valence-corrected chi connectivity index (χ2v) is 8.44. The van der Waals surface area contributed by atoms with Crippen molar-refractivity contribution in [3.63, 3.8) is 0 Å². The second kappa shape index (κ2) is 7.14. The molecule has 154 valence electrons. The van der Waals surface area contributed by atoms with Gasteiger partial charge in [0.1, 0.15) is 17.2 Å². The zero-order valence-electron chi connectivity index (χ0n) is 14.8. The topological polar surface area (TPSA) is 83.6 Å². The molecular formula is C18H14F4N2O4S. The lowest BCUT2D eigenvalue weighted by molar-refractivity contribution is -0.131. The van der Waals surface area contributed by atoms with Gasteiger partial charge < -0.3 is 5.32 Å². The number of imide groups is 1. The first-order chi connectivity index (χ1) is 13.5. The lowest BCUT2D eigenvalue weighted by Crippen LogP contribution is -2.41. The number of rotatable bonds is 5. The number of carbonyl (C=O) groups is 2. The summed E-state index contributed by atoms with van der Waals surface area (Å²) in [5, 5.41) is 2.36. The molecule has 3 amide bonds. The molecule has 6 nitrogen and oxygen atoms in total. The summed E-state index contributed by atoms with van der Waals surface area (Å²) >= 11 is 0. The van der Waals surface area contributed by atoms with Crippen molar-refractivity contribution in [2.45, 2.75) is 29.7 Å². The normalized spacial score (nSPS) is 19.7. The van der Waals surface area contributed by atoms with Gasteiger partial charge in [0.15, 0.2) is 0 Å². The molecule has 1 fully saturated rings. The van der Waals surface area contributed by atoms with E-state index in [2.05, 4.69) is 5.32 Å². The average molecular weight is 430 g/mol. The highest BCUT2D eigenvalue weighted by atomic mass is 32.2. The number of hydrogen-bond donors (Lipinski definition) is 1. The summed E-state index contributed by atoms with van der Waals surface area (Å²) in [7, 11) is -4.77. The number of nitrogens with zero attached hydrogens (tertiary/aromatic N) is 1. The van der Waals surface area contributed by atoms with Crippen molar-refractivity contribution < 1.29 is 35.6 Å². The Morgan fingerprint density at radius 1 is 1.07 bits per heavy atom. The van der Waals surface area contributed by atoms with Gasteiger partial charge in [-0.05, 0) is 30.7 Å². The Labute approximate surface area is 163 Å². The van der Waals surface area contributed by atoms with Gasteiger partial charge in [0.2, 0.25) is 9.84 Å². The van der Waals surface area contributed by atoms with E-state index in [4.69, 9.17) is 0 Å². The molecule has 2 aromatic rings. The molecule has 0 spiro atoms. The smallest absolute Gasteiger partial charge is 0.319 e. The summed E-state index contributed by atoms with van der Waals surface area (Å²) in [5.74, 6) is -6.24. The van der Waals surface area contributed by atoms with Crippen LogP contribution in [0.4, 0.5) is 22.4 Å². The Kier molecular flexibility index (Phi) is 5.11. The van der Waals surface area contributed by atoms with E-state index in [-0.39, 0.29) is 17.7 Å². The number of hydrogen-bond acceptors (Lipinski definition) is 4. The zero-order chi connectivity index (χ0) is 21.6. The first kappa shape index (κ1) is 20.8. The molecule has 1 unspecified atom stereocenters. The Morgan fingerprint density at radius 2 is 1.69 bits per heavy atom. The van der Waals surface area contributed by atoms with Gasteiger partial charge in [-0.2, -0.15) is 8.78 Å². The molecule has 1 aliphatic heterocycles. The highest BCUT2D eigenvalue weighted by Crippen LogP contribution is 2.32. The van der Waals surface area contributed by atoms with Crippen LogP contribution < -0.4 is 5.32 Å². The Bertz CT molecular complexity index is 1090. The van der Waals surface area contributed by atoms with E-state index in [0.717, 1.165) is 29.2 Å². The standard InChI is InChI=1S/C18H14F4N2O4S/c1-18(13-7-4-11(19)8-14(13)20)15(25)24(17(26)23-18)9-10-2-5-12(6-3-10)29(27,28)16(21)22/h2-8,16H,9H2,1H3,(H,23,26). The van der Waals surface area contributed by atoms with Crippen molar-refractivity contribution in [2.24, 2.45) is 0 Å². The fourth-order valence-corrected chi connectivity index (χ4v) is 3.71. The monoisotopic (exact) mass is 430 g/mol. The molecular weight excluding hydrogens is 416 g/mol. The van der Waals surface area contributed by atoms with Crippen LogP contribution in [0.25, 0.3) is 0 Å². The Morgan fingerprint density at radius 3 is 2.24 bits per heavy atom. The van der Waals surface area contributed by atoms with Crippen molar-refractivity contribution in [1.29, 1.82) is 0 Å². The van der Waals surface area contributed by atoms with Crippen molar-refractivity contribution in [1.82, 2.24) is 10.2 Å². The Balaban J connectivity index is 1.86. The van der Waals surface area contributed by atoms with E-state index in [1.807, 2.05) is 0 Å². The second-order valence-electron chi connectivity index (χ2n) is 6.52. The Hall–Kier alpha value is -2.95. The molecule has 11 heteroatoms. The maximum atomic E-state index is 14.1. The summed E-state index contributed by atoms with van der Waals surface area (Å²) < 4.78 is 75.4. The molecule has 1 atom stereocenters. The summed E-state index contributed by atoms with van der Waals surface area (Å²) in [6.45, 7) is 0.958. The van der Waals surface area contributed by atoms with Gasteiger partial charge in [0, 0.05) is 11.6 Å². The fourth-order valence-electron chi connectivity index (χ4n) is 2.99. The molecule has 0 radical (unpaired) electrons. The first-order valence-electron chi connectivity index (χ1n) is 8.17. The van der Waals surface area contributed by atoms with Gasteiger partial charge in [0.25, 0.3) is 5.91 Å². The van der Waals surface area contributed by atoms with Gasteiger partial charge >= 0.3 is 11.8 Å². The number of amides is 3. The van der Waals surface area contributed by atoms with E-state index in [1.165, 1.54) is 19.1 Å². The third kappa shape index (κ3) is 3.57. The van der Waals surface area contributed by atoms with Crippen molar-refractivity contribution in [3.8, 4) is 0 Å². The van der Waals surface area contributed by atoms with Gasteiger partial charge in [-0.25, -0.2) is 22.0 Å². The molecule has 0 saturated carbocycles. The molecule has 2 aromatic carbocycles. The molecule has 29 heavy (non-hydrogen) atoms. The van der Waals surface area contributed by atoms with E-state index >= 15 is 0 Å². The van der Waals surface area contributed by atoms with Crippen molar-refractivity contribution >= 4 is 21.8 Å². The molecule has 1 N–H and O–H groups in total. The maximum absolute atomic E-state index is 14.1. The minimum atomic E-state index is -4.77. The lowest BCUT2D eigenvalue weighted by atomic mass is 9.91. The van der Waals surface area contributed by atoms with Gasteiger partial charge in [0.05, 0.1) is 11.4 Å². The number of carbonyl (C=O) groups excluding carboxylic acids is 2. The van der Waals surface area contributed by atoms with Crippen LogP contribution in [0.15, 0.2) is 47.4 Å². The molecule has 0 aromatic heterocycles. The van der Waals surface area contributed by atoms with Crippen LogP contribution in [0.1, 0.15) is 18.1 Å². The first-order valence-corrected chi connectivity index (χ1v) is 9.72. The van der Waals surface area contributed by atoms with Crippen molar-refractivity contribution in [3.05, 3.63) is 65.2 Å². The van der Waals surface area contributed by atoms with Gasteiger partial charge in [-0.15, -0.1) is 0 Å². The summed E-state index contributed by atoms with van der Waals surface area (Å²) in [6.07, 6.45) is 0. The maximum Gasteiger partial charge on any atom is 0.341 e. The van der Waals surface area contributed by atoms with E-state index in [0.29, 0.717) is 6.07 Å². The predicted molar refractivity (Wildman–Crippen MR) is 92.4 cm³/mol. The van der Waals surface area contributed by atoms with Crippen LogP contribution in [-0.4, -0.2) is 31.0 Å². The third-order valence-electron chi connectivity index (χ3n) is 4.57. The largest absolute Gasteiger partial charge is 0.341 e. The van der Waals surface area contributed by atoms with Gasteiger partial charge in [-0.3, -0.25) is 9.69 Å². The molecule has 1 aliphatic rings. The lowest BCUT2D eigenvalue weighted by Gasteiger charge is -2.22. The number of halogens is 4. The van der Waals surface area contributed by atoms with Crippen LogP contribution in [0.5, 0.6) is 0 Å². The summed E-state index contributed by atoms with van der Waals surface area (Å²) in [4.78, 5) is 25.2. The van der Waals surface area contributed by atoms with Crippen LogP contribution in [0.2, 0.25) is 0 Å². The number of sulfone groups is 1. The number of urea groups is 1. The highest BCUT2D eigenvalue weighted by Gasteiger charge is 2.50. The van der Waals surface area contributed by atoms with Crippen molar-refractivity contribution in [2.75, 3.05) is 0 Å². The third-order valence-corrected chi connectivity index (χ3v) is 5.97. The van der Waals surface area contributed by atoms with E-state index in [9.17, 15) is 35.6 Å². The molecule has 1 saturated heterocycles. The average Bonchev–Trinajstić information content (AvgIpc) is 2.85. The highest BCUT2D eigenvalue weighted by molar-refractivity contribution is 7.91. The fraction of sp³-hybridized carbons (Fsp3) is 0.222. The number of nitrogens with one attached hydrogen (secondary N) is 1. The zero-order valence-corrected chi connectivity index (χ0v) is 15.6.